The van der Waals surface area contributed by atoms with E-state index in [1.807, 2.05) is 12.1 Å². The van der Waals surface area contributed by atoms with Gasteiger partial charge in [-0.1, -0.05) is 12.1 Å². The van der Waals surface area contributed by atoms with E-state index in [0.717, 1.165) is 9.64 Å². The smallest absolute Gasteiger partial charge is 0.262 e. The standard InChI is InChI=1S/C14H9BrF2INO2/c15-9-5-8(16)6-10(17)14(9)19-13(20)7-21-12-4-2-1-3-11(12)18/h1-6H,7H2,(H,19,20). The summed E-state index contributed by atoms with van der Waals surface area (Å²) in [5.74, 6) is -1.57. The third-order valence-electron chi connectivity index (χ3n) is 2.47. The van der Waals surface area contributed by atoms with Crippen molar-refractivity contribution in [2.24, 2.45) is 0 Å². The van der Waals surface area contributed by atoms with Gasteiger partial charge in [0, 0.05) is 10.5 Å². The molecule has 21 heavy (non-hydrogen) atoms. The van der Waals surface area contributed by atoms with Crippen molar-refractivity contribution in [2.45, 2.75) is 0 Å². The lowest BCUT2D eigenvalue weighted by Crippen LogP contribution is -2.21. The minimum Gasteiger partial charge on any atom is -0.483 e. The van der Waals surface area contributed by atoms with E-state index in [1.165, 1.54) is 0 Å². The van der Waals surface area contributed by atoms with Crippen molar-refractivity contribution in [3.63, 3.8) is 0 Å². The molecule has 1 N–H and O–H groups in total. The lowest BCUT2D eigenvalue weighted by Gasteiger charge is -2.10. The first kappa shape index (κ1) is 16.2. The number of carbonyl (C=O) groups is 1. The summed E-state index contributed by atoms with van der Waals surface area (Å²) in [5.41, 5.74) is -0.118. The van der Waals surface area contributed by atoms with Gasteiger partial charge in [-0.15, -0.1) is 0 Å². The summed E-state index contributed by atoms with van der Waals surface area (Å²) >= 11 is 5.08. The van der Waals surface area contributed by atoms with Gasteiger partial charge in [-0.25, -0.2) is 8.78 Å². The number of hydrogen-bond acceptors (Lipinski definition) is 2. The maximum atomic E-state index is 13.6. The molecule has 0 aliphatic heterocycles. The Labute approximate surface area is 142 Å². The van der Waals surface area contributed by atoms with Gasteiger partial charge in [-0.3, -0.25) is 4.79 Å². The molecule has 0 fully saturated rings. The first-order valence-corrected chi connectivity index (χ1v) is 7.66. The highest BCUT2D eigenvalue weighted by atomic mass is 127. The molecule has 3 nitrogen and oxygen atoms in total. The zero-order valence-electron chi connectivity index (χ0n) is 10.5. The second-order valence-electron chi connectivity index (χ2n) is 4.01. The topological polar surface area (TPSA) is 38.3 Å². The van der Waals surface area contributed by atoms with E-state index in [9.17, 15) is 13.6 Å². The molecule has 0 spiro atoms. The highest BCUT2D eigenvalue weighted by molar-refractivity contribution is 14.1. The fraction of sp³-hybridized carbons (Fsp3) is 0.0714. The number of nitrogens with one attached hydrogen (secondary N) is 1. The molecule has 0 bridgehead atoms. The maximum absolute atomic E-state index is 13.6. The van der Waals surface area contributed by atoms with Crippen molar-refractivity contribution >= 4 is 50.1 Å². The van der Waals surface area contributed by atoms with Crippen LogP contribution in [0, 0.1) is 15.2 Å². The molecule has 0 unspecified atom stereocenters. The molecule has 2 aromatic rings. The number of anilines is 1. The predicted octanol–water partition coefficient (Wildman–Crippen LogP) is 4.35. The van der Waals surface area contributed by atoms with Crippen molar-refractivity contribution in [1.29, 1.82) is 0 Å². The number of carbonyl (C=O) groups excluding carboxylic acids is 1. The van der Waals surface area contributed by atoms with Crippen LogP contribution in [0.1, 0.15) is 0 Å². The highest BCUT2D eigenvalue weighted by Gasteiger charge is 2.13. The maximum Gasteiger partial charge on any atom is 0.262 e. The van der Waals surface area contributed by atoms with Crippen LogP contribution < -0.4 is 10.1 Å². The van der Waals surface area contributed by atoms with Gasteiger partial charge in [0.1, 0.15) is 11.6 Å². The van der Waals surface area contributed by atoms with E-state index in [4.69, 9.17) is 4.74 Å². The molecule has 1 amide bonds. The van der Waals surface area contributed by atoms with Crippen LogP contribution in [0.3, 0.4) is 0 Å². The molecule has 2 rings (SSSR count). The Hall–Kier alpha value is -1.22. The number of ether oxygens (including phenoxy) is 1. The van der Waals surface area contributed by atoms with Gasteiger partial charge < -0.3 is 10.1 Å². The van der Waals surface area contributed by atoms with Crippen LogP contribution >= 0.6 is 38.5 Å². The Bertz CT molecular complexity index is 659. The molecule has 110 valence electrons. The number of hydrogen-bond donors (Lipinski definition) is 1. The summed E-state index contributed by atoms with van der Waals surface area (Å²) in [5, 5.41) is 2.34. The van der Waals surface area contributed by atoms with E-state index in [2.05, 4.69) is 43.8 Å². The summed E-state index contributed by atoms with van der Waals surface area (Å²) in [7, 11) is 0. The van der Waals surface area contributed by atoms with Crippen LogP contribution in [0.15, 0.2) is 40.9 Å². The van der Waals surface area contributed by atoms with Crippen molar-refractivity contribution in [1.82, 2.24) is 0 Å². The number of para-hydroxylation sites is 1. The Morgan fingerprint density at radius 1 is 1.29 bits per heavy atom. The molecule has 0 radical (unpaired) electrons. The summed E-state index contributed by atoms with van der Waals surface area (Å²) in [6.07, 6.45) is 0. The average Bonchev–Trinajstić information content (AvgIpc) is 2.42. The molecule has 0 saturated heterocycles. The molecule has 0 aliphatic carbocycles. The molecule has 0 atom stereocenters. The first-order valence-electron chi connectivity index (χ1n) is 5.79. The summed E-state index contributed by atoms with van der Waals surface area (Å²) in [4.78, 5) is 11.8. The van der Waals surface area contributed by atoms with Gasteiger partial charge in [0.05, 0.1) is 9.26 Å². The lowest BCUT2D eigenvalue weighted by molar-refractivity contribution is -0.118. The molecule has 0 aromatic heterocycles. The number of amides is 1. The van der Waals surface area contributed by atoms with Gasteiger partial charge in [0.25, 0.3) is 5.91 Å². The van der Waals surface area contributed by atoms with Crippen LogP contribution in [-0.4, -0.2) is 12.5 Å². The largest absolute Gasteiger partial charge is 0.483 e. The van der Waals surface area contributed by atoms with Crippen molar-refractivity contribution in [2.75, 3.05) is 11.9 Å². The Kier molecular flexibility index (Phi) is 5.51. The monoisotopic (exact) mass is 467 g/mol. The predicted molar refractivity (Wildman–Crippen MR) is 87.3 cm³/mol. The molecule has 0 heterocycles. The molecule has 0 aliphatic rings. The van der Waals surface area contributed by atoms with E-state index >= 15 is 0 Å². The third kappa shape index (κ3) is 4.37. The minimum absolute atomic E-state index is 0.118. The second-order valence-corrected chi connectivity index (χ2v) is 6.03. The van der Waals surface area contributed by atoms with Crippen LogP contribution in [0.4, 0.5) is 14.5 Å². The fourth-order valence-electron chi connectivity index (χ4n) is 1.54. The van der Waals surface area contributed by atoms with Gasteiger partial charge in [0.2, 0.25) is 0 Å². The van der Waals surface area contributed by atoms with Crippen molar-refractivity contribution in [3.05, 3.63) is 56.1 Å². The second kappa shape index (κ2) is 7.17. The van der Waals surface area contributed by atoms with Gasteiger partial charge >= 0.3 is 0 Å². The van der Waals surface area contributed by atoms with E-state index in [0.29, 0.717) is 11.8 Å². The van der Waals surface area contributed by atoms with Crippen LogP contribution in [-0.2, 0) is 4.79 Å². The van der Waals surface area contributed by atoms with E-state index < -0.39 is 17.5 Å². The lowest BCUT2D eigenvalue weighted by atomic mass is 10.3. The van der Waals surface area contributed by atoms with Crippen molar-refractivity contribution in [3.8, 4) is 5.75 Å². The van der Waals surface area contributed by atoms with Crippen LogP contribution in [0.25, 0.3) is 0 Å². The van der Waals surface area contributed by atoms with Crippen LogP contribution in [0.5, 0.6) is 5.75 Å². The van der Waals surface area contributed by atoms with E-state index in [1.54, 1.807) is 12.1 Å². The SMILES string of the molecule is O=C(COc1ccccc1I)Nc1c(F)cc(F)cc1Br. The Morgan fingerprint density at radius 3 is 2.67 bits per heavy atom. The summed E-state index contributed by atoms with van der Waals surface area (Å²) < 4.78 is 32.9. The average molecular weight is 468 g/mol. The minimum atomic E-state index is -0.857. The number of benzene rings is 2. The normalized spacial score (nSPS) is 10.3. The fourth-order valence-corrected chi connectivity index (χ4v) is 2.59. The number of halogens is 4. The number of rotatable bonds is 4. The quantitative estimate of drug-likeness (QED) is 0.679. The zero-order valence-corrected chi connectivity index (χ0v) is 14.2. The summed E-state index contributed by atoms with van der Waals surface area (Å²) in [6.45, 7) is -0.275. The Morgan fingerprint density at radius 2 is 2.00 bits per heavy atom. The van der Waals surface area contributed by atoms with Gasteiger partial charge in [-0.05, 0) is 56.7 Å². The molecule has 7 heteroatoms. The van der Waals surface area contributed by atoms with Crippen LogP contribution in [0.2, 0.25) is 0 Å². The molecule has 0 saturated carbocycles. The van der Waals surface area contributed by atoms with E-state index in [-0.39, 0.29) is 16.8 Å². The van der Waals surface area contributed by atoms with Gasteiger partial charge in [-0.2, -0.15) is 0 Å². The highest BCUT2D eigenvalue weighted by Crippen LogP contribution is 2.27. The zero-order chi connectivity index (χ0) is 15.4. The molecular formula is C14H9BrF2INO2. The van der Waals surface area contributed by atoms with Crippen molar-refractivity contribution < 1.29 is 18.3 Å². The van der Waals surface area contributed by atoms with Gasteiger partial charge in [0.15, 0.2) is 12.4 Å². The molecular weight excluding hydrogens is 459 g/mol. The molecule has 2 aromatic carbocycles. The summed E-state index contributed by atoms with van der Waals surface area (Å²) in [6, 6.07) is 8.96. The first-order chi connectivity index (χ1) is 9.97. The Balaban J connectivity index is 2.01. The third-order valence-corrected chi connectivity index (χ3v) is 3.98.